The van der Waals surface area contributed by atoms with Gasteiger partial charge in [-0.15, -0.1) is 0 Å². The van der Waals surface area contributed by atoms with Crippen molar-refractivity contribution < 1.29 is 23.7 Å². The van der Waals surface area contributed by atoms with Crippen molar-refractivity contribution in [2.75, 3.05) is 6.61 Å². The van der Waals surface area contributed by atoms with Crippen molar-refractivity contribution in [3.63, 3.8) is 0 Å². The standard InChI is InChI=1S/C4H8OSi.H3O4P/c1-2-4-6-5-3-1;1-5(2,3)4/h1-4H2;(H3,1,2,3,4)/p-3. The molecule has 0 saturated carbocycles. The van der Waals surface area contributed by atoms with Crippen LogP contribution in [0.15, 0.2) is 0 Å². The van der Waals surface area contributed by atoms with E-state index < -0.39 is 7.82 Å². The topological polar surface area (TPSA) is 95.5 Å². The van der Waals surface area contributed by atoms with E-state index in [4.69, 9.17) is 23.7 Å². The molecular weight excluding hydrogens is 187 g/mol. The highest BCUT2D eigenvalue weighted by molar-refractivity contribution is 7.40. The Hall–Kier alpha value is 0.287. The van der Waals surface area contributed by atoms with Crippen molar-refractivity contribution in [2.24, 2.45) is 0 Å². The van der Waals surface area contributed by atoms with Crippen LogP contribution in [0.2, 0.25) is 6.04 Å². The molecule has 7 heteroatoms. The molecule has 0 N–H and O–H groups in total. The first-order valence-corrected chi connectivity index (χ1v) is 5.65. The third-order valence-corrected chi connectivity index (χ3v) is 1.84. The summed E-state index contributed by atoms with van der Waals surface area (Å²) in [6.45, 7) is 1.01. The van der Waals surface area contributed by atoms with Crippen LogP contribution in [0.1, 0.15) is 12.8 Å². The molecule has 1 rings (SSSR count). The predicted molar refractivity (Wildman–Crippen MR) is 33.4 cm³/mol. The lowest BCUT2D eigenvalue weighted by atomic mass is 10.4. The number of phosphoric acid groups is 1. The summed E-state index contributed by atoms with van der Waals surface area (Å²) in [5, 5.41) is 0. The van der Waals surface area contributed by atoms with Crippen molar-refractivity contribution in [3.05, 3.63) is 0 Å². The Bertz CT molecular complexity index is 111. The summed E-state index contributed by atoms with van der Waals surface area (Å²) in [6.07, 6.45) is 2.67. The third-order valence-electron chi connectivity index (χ3n) is 0.877. The molecule has 5 nitrogen and oxygen atoms in total. The first kappa shape index (κ1) is 11.3. The summed E-state index contributed by atoms with van der Waals surface area (Å²) >= 11 is 0. The van der Waals surface area contributed by atoms with Gasteiger partial charge in [-0.2, -0.15) is 7.82 Å². The van der Waals surface area contributed by atoms with E-state index >= 15 is 0 Å². The largest absolute Gasteiger partial charge is 0.822 e. The molecule has 66 valence electrons. The molecule has 1 saturated heterocycles. The molecule has 1 aliphatic heterocycles. The first-order chi connectivity index (χ1) is 5.00. The molecule has 0 amide bonds. The molecule has 1 heterocycles. The average Bonchev–Trinajstić information content (AvgIpc) is 1.88. The van der Waals surface area contributed by atoms with Crippen LogP contribution in [0.4, 0.5) is 0 Å². The summed E-state index contributed by atoms with van der Waals surface area (Å²) < 4.78 is 13.6. The Labute approximate surface area is 67.6 Å². The van der Waals surface area contributed by atoms with E-state index in [9.17, 15) is 0 Å². The summed E-state index contributed by atoms with van der Waals surface area (Å²) in [5.74, 6) is 0. The lowest BCUT2D eigenvalue weighted by molar-refractivity contribution is -0.432. The predicted octanol–water partition coefficient (Wildman–Crippen LogP) is -1.99. The van der Waals surface area contributed by atoms with Crippen LogP contribution >= 0.6 is 7.82 Å². The highest BCUT2D eigenvalue weighted by atomic mass is 31.2. The molecule has 0 aromatic heterocycles. The second kappa shape index (κ2) is 5.88. The van der Waals surface area contributed by atoms with E-state index in [1.807, 2.05) is 0 Å². The van der Waals surface area contributed by atoms with Gasteiger partial charge in [0.1, 0.15) is 0 Å². The quantitative estimate of drug-likeness (QED) is 0.329. The molecule has 0 bridgehead atoms. The highest BCUT2D eigenvalue weighted by Gasteiger charge is 1.97. The number of hydrogen-bond acceptors (Lipinski definition) is 5. The second-order valence-corrected chi connectivity index (χ2v) is 3.87. The fourth-order valence-corrected chi connectivity index (χ4v) is 1.34. The summed E-state index contributed by atoms with van der Waals surface area (Å²) in [4.78, 5) is 25.6. The van der Waals surface area contributed by atoms with Gasteiger partial charge in [0, 0.05) is 6.61 Å². The van der Waals surface area contributed by atoms with Crippen LogP contribution in [0.3, 0.4) is 0 Å². The van der Waals surface area contributed by atoms with E-state index in [0.29, 0.717) is 0 Å². The molecule has 0 unspecified atom stereocenters. The molecule has 0 aliphatic carbocycles. The summed E-state index contributed by atoms with van der Waals surface area (Å²) in [7, 11) is -4.59. The average molecular weight is 195 g/mol. The Morgan fingerprint density at radius 2 is 1.82 bits per heavy atom. The maximum absolute atomic E-state index is 8.55. The SMILES string of the molecule is C1CC[Si]OC1.O=P([O-])([O-])[O-]. The van der Waals surface area contributed by atoms with E-state index in [-0.39, 0.29) is 0 Å². The van der Waals surface area contributed by atoms with Gasteiger partial charge in [-0.25, -0.2) is 0 Å². The fraction of sp³-hybridized carbons (Fsp3) is 1.00. The van der Waals surface area contributed by atoms with Crippen LogP contribution in [0, 0.1) is 0 Å². The van der Waals surface area contributed by atoms with Crippen LogP contribution in [-0.2, 0) is 8.99 Å². The van der Waals surface area contributed by atoms with Gasteiger partial charge in [0.2, 0.25) is 9.76 Å². The fourth-order valence-electron chi connectivity index (χ4n) is 0.516. The van der Waals surface area contributed by atoms with Gasteiger partial charge in [-0.1, -0.05) is 6.42 Å². The lowest BCUT2D eigenvalue weighted by Gasteiger charge is -2.36. The minimum absolute atomic E-state index is 0.802. The van der Waals surface area contributed by atoms with E-state index in [2.05, 4.69) is 0 Å². The van der Waals surface area contributed by atoms with Gasteiger partial charge in [0.25, 0.3) is 0 Å². The Morgan fingerprint density at radius 1 is 1.27 bits per heavy atom. The summed E-state index contributed by atoms with van der Waals surface area (Å²) in [5.41, 5.74) is 0. The molecule has 0 spiro atoms. The van der Waals surface area contributed by atoms with Crippen molar-refractivity contribution in [1.82, 2.24) is 0 Å². The normalized spacial score (nSPS) is 18.5. The third kappa shape index (κ3) is 17.9. The van der Waals surface area contributed by atoms with Crippen LogP contribution in [0.5, 0.6) is 0 Å². The summed E-state index contributed by atoms with van der Waals surface area (Å²) in [6, 6.07) is 1.31. The molecule has 0 atom stereocenters. The molecule has 1 fully saturated rings. The second-order valence-electron chi connectivity index (χ2n) is 1.90. The van der Waals surface area contributed by atoms with E-state index in [0.717, 1.165) is 16.4 Å². The number of hydrogen-bond donors (Lipinski definition) is 0. The van der Waals surface area contributed by atoms with E-state index in [1.54, 1.807) is 0 Å². The minimum atomic E-state index is -5.39. The molecule has 11 heavy (non-hydrogen) atoms. The lowest BCUT2D eigenvalue weighted by Crippen LogP contribution is -2.24. The monoisotopic (exact) mass is 195 g/mol. The zero-order valence-electron chi connectivity index (χ0n) is 5.82. The maximum atomic E-state index is 8.55. The van der Waals surface area contributed by atoms with Crippen molar-refractivity contribution in [2.45, 2.75) is 18.9 Å². The number of rotatable bonds is 0. The maximum Gasteiger partial charge on any atom is 0.229 e. The Kier molecular flexibility index (Phi) is 6.03. The van der Waals surface area contributed by atoms with Crippen molar-refractivity contribution >= 4 is 17.6 Å². The van der Waals surface area contributed by atoms with E-state index in [1.165, 1.54) is 18.9 Å². The van der Waals surface area contributed by atoms with Crippen LogP contribution < -0.4 is 14.7 Å². The van der Waals surface area contributed by atoms with Gasteiger partial charge in [0.15, 0.2) is 0 Å². The van der Waals surface area contributed by atoms with Gasteiger partial charge in [-0.3, -0.25) is 0 Å². The van der Waals surface area contributed by atoms with Crippen molar-refractivity contribution in [1.29, 1.82) is 0 Å². The molecular formula is C4H8O5PSi-3. The molecule has 0 aromatic carbocycles. The zero-order chi connectivity index (χ0) is 8.74. The minimum Gasteiger partial charge on any atom is -0.822 e. The molecule has 2 radical (unpaired) electrons. The zero-order valence-corrected chi connectivity index (χ0v) is 7.71. The molecule has 0 aromatic rings. The Balaban J connectivity index is 0.000000187. The first-order valence-electron chi connectivity index (χ1n) is 3.08. The highest BCUT2D eigenvalue weighted by Crippen LogP contribution is 2.03. The van der Waals surface area contributed by atoms with Crippen molar-refractivity contribution in [3.8, 4) is 0 Å². The Morgan fingerprint density at radius 3 is 1.91 bits per heavy atom. The van der Waals surface area contributed by atoms with Gasteiger partial charge < -0.3 is 23.7 Å². The van der Waals surface area contributed by atoms with Crippen LogP contribution in [0.25, 0.3) is 0 Å². The van der Waals surface area contributed by atoms with Gasteiger partial charge in [0.05, 0.1) is 0 Å². The van der Waals surface area contributed by atoms with Crippen LogP contribution in [-0.4, -0.2) is 16.4 Å². The van der Waals surface area contributed by atoms with Gasteiger partial charge in [-0.05, 0) is 12.5 Å². The smallest absolute Gasteiger partial charge is 0.229 e. The van der Waals surface area contributed by atoms with Gasteiger partial charge >= 0.3 is 0 Å². The molecule has 1 aliphatic rings.